The van der Waals surface area contributed by atoms with Crippen molar-refractivity contribution in [3.63, 3.8) is 0 Å². The van der Waals surface area contributed by atoms with E-state index in [-0.39, 0.29) is 5.56 Å². The van der Waals surface area contributed by atoms with Crippen molar-refractivity contribution in [1.82, 2.24) is 0 Å². The molecule has 4 N–H and O–H groups in total. The Kier molecular flexibility index (Phi) is 5.41. The van der Waals surface area contributed by atoms with Gasteiger partial charge in [0.25, 0.3) is 5.91 Å². The third-order valence-electron chi connectivity index (χ3n) is 4.63. The summed E-state index contributed by atoms with van der Waals surface area (Å²) < 4.78 is 0. The van der Waals surface area contributed by atoms with Crippen molar-refractivity contribution in [1.29, 1.82) is 0 Å². The van der Waals surface area contributed by atoms with Crippen molar-refractivity contribution in [2.75, 3.05) is 23.3 Å². The van der Waals surface area contributed by atoms with Gasteiger partial charge in [-0.3, -0.25) is 4.79 Å². The number of nitrogens with zero attached hydrogens (tertiary/aromatic N) is 1. The molecule has 0 saturated carbocycles. The molecule has 26 heavy (non-hydrogen) atoms. The molecular weight excluding hydrogens is 330 g/mol. The van der Waals surface area contributed by atoms with Crippen molar-refractivity contribution in [3.8, 4) is 0 Å². The van der Waals surface area contributed by atoms with Crippen LogP contribution in [0.5, 0.6) is 0 Å². The van der Waals surface area contributed by atoms with Crippen molar-refractivity contribution >= 4 is 23.3 Å². The van der Waals surface area contributed by atoms with Crippen molar-refractivity contribution < 1.29 is 14.7 Å². The average Bonchev–Trinajstić information content (AvgIpc) is 2.67. The Morgan fingerprint density at radius 3 is 2.54 bits per heavy atom. The van der Waals surface area contributed by atoms with E-state index in [1.165, 1.54) is 6.42 Å². The molecule has 0 aromatic heterocycles. The van der Waals surface area contributed by atoms with Gasteiger partial charge in [-0.25, -0.2) is 4.79 Å². The van der Waals surface area contributed by atoms with Crippen LogP contribution in [0.1, 0.15) is 45.5 Å². The van der Waals surface area contributed by atoms with Gasteiger partial charge in [-0.1, -0.05) is 12.1 Å². The molecule has 0 aliphatic carbocycles. The largest absolute Gasteiger partial charge is 0.478 e. The van der Waals surface area contributed by atoms with Crippen LogP contribution in [0.3, 0.4) is 0 Å². The van der Waals surface area contributed by atoms with Gasteiger partial charge in [0.2, 0.25) is 0 Å². The number of piperidine rings is 1. The molecule has 0 atom stereocenters. The Morgan fingerprint density at radius 2 is 1.85 bits per heavy atom. The van der Waals surface area contributed by atoms with Gasteiger partial charge in [0.1, 0.15) is 0 Å². The highest BCUT2D eigenvalue weighted by molar-refractivity contribution is 5.99. The Morgan fingerprint density at radius 1 is 1.08 bits per heavy atom. The number of aromatic carboxylic acids is 1. The fourth-order valence-corrected chi connectivity index (χ4v) is 3.26. The molecule has 0 bridgehead atoms. The molecule has 1 amide bonds. The molecular formula is C20H23N3O3. The molecule has 0 unspecified atom stereocenters. The first kappa shape index (κ1) is 17.8. The predicted molar refractivity (Wildman–Crippen MR) is 102 cm³/mol. The first-order valence-electron chi connectivity index (χ1n) is 8.79. The zero-order valence-corrected chi connectivity index (χ0v) is 14.6. The van der Waals surface area contributed by atoms with Crippen molar-refractivity contribution in [3.05, 3.63) is 59.2 Å². The number of rotatable bonds is 6. The summed E-state index contributed by atoms with van der Waals surface area (Å²) in [5.41, 5.74) is 8.95. The molecule has 136 valence electrons. The van der Waals surface area contributed by atoms with E-state index in [9.17, 15) is 9.59 Å². The van der Waals surface area contributed by atoms with E-state index in [0.717, 1.165) is 42.9 Å². The summed E-state index contributed by atoms with van der Waals surface area (Å²) in [6, 6.07) is 12.4. The first-order chi connectivity index (χ1) is 12.5. The fraction of sp³-hybridized carbons (Fsp3) is 0.300. The van der Waals surface area contributed by atoms with E-state index in [1.807, 2.05) is 18.2 Å². The van der Waals surface area contributed by atoms with E-state index < -0.39 is 11.9 Å². The van der Waals surface area contributed by atoms with Gasteiger partial charge in [-0.2, -0.15) is 0 Å². The molecule has 3 rings (SSSR count). The number of amides is 1. The topological polar surface area (TPSA) is 95.7 Å². The Balaban J connectivity index is 1.78. The van der Waals surface area contributed by atoms with Gasteiger partial charge in [-0.05, 0) is 55.2 Å². The minimum atomic E-state index is -0.940. The lowest BCUT2D eigenvalue weighted by Crippen LogP contribution is -2.31. The van der Waals surface area contributed by atoms with Gasteiger partial charge in [0, 0.05) is 25.3 Å². The van der Waals surface area contributed by atoms with Crippen molar-refractivity contribution in [2.24, 2.45) is 5.73 Å². The minimum absolute atomic E-state index is 0.266. The van der Waals surface area contributed by atoms with Gasteiger partial charge in [0.05, 0.1) is 16.8 Å². The Hall–Kier alpha value is -3.02. The Bertz CT molecular complexity index is 814. The van der Waals surface area contributed by atoms with Crippen LogP contribution in [0.15, 0.2) is 42.5 Å². The molecule has 1 heterocycles. The molecule has 0 radical (unpaired) electrons. The summed E-state index contributed by atoms with van der Waals surface area (Å²) in [6.07, 6.45) is 3.43. The summed E-state index contributed by atoms with van der Waals surface area (Å²) in [7, 11) is 0. The first-order valence-corrected chi connectivity index (χ1v) is 8.79. The molecule has 1 fully saturated rings. The zero-order chi connectivity index (χ0) is 18.5. The van der Waals surface area contributed by atoms with Gasteiger partial charge < -0.3 is 21.1 Å². The number of anilines is 2. The van der Waals surface area contributed by atoms with Crippen LogP contribution in [-0.4, -0.2) is 30.1 Å². The van der Waals surface area contributed by atoms with Crippen LogP contribution >= 0.6 is 0 Å². The summed E-state index contributed by atoms with van der Waals surface area (Å²) >= 11 is 0. The highest BCUT2D eigenvalue weighted by atomic mass is 16.4. The van der Waals surface area contributed by atoms with E-state index in [1.54, 1.807) is 24.3 Å². The smallest absolute Gasteiger partial charge is 0.335 e. The second-order valence-electron chi connectivity index (χ2n) is 6.50. The second-order valence-corrected chi connectivity index (χ2v) is 6.50. The average molecular weight is 353 g/mol. The third-order valence-corrected chi connectivity index (χ3v) is 4.63. The maximum absolute atomic E-state index is 11.8. The normalized spacial score (nSPS) is 14.1. The zero-order valence-electron chi connectivity index (χ0n) is 14.6. The molecule has 1 aliphatic heterocycles. The summed E-state index contributed by atoms with van der Waals surface area (Å²) in [4.78, 5) is 25.1. The van der Waals surface area contributed by atoms with Crippen LogP contribution in [-0.2, 0) is 6.54 Å². The van der Waals surface area contributed by atoms with Crippen molar-refractivity contribution in [2.45, 2.75) is 25.8 Å². The highest BCUT2D eigenvalue weighted by Crippen LogP contribution is 2.27. The standard InChI is InChI=1S/C20H23N3O3/c21-19(24)17-8-7-16(12-18(17)23-9-2-1-3-10-23)22-13-14-5-4-6-15(11-14)20(25)26/h4-8,11-12,22H,1-3,9-10,13H2,(H2,21,24)(H,25,26). The number of nitrogens with one attached hydrogen (secondary N) is 1. The number of carboxylic acids is 1. The van der Waals surface area contributed by atoms with Crippen LogP contribution in [0, 0.1) is 0 Å². The molecule has 0 spiro atoms. The number of nitrogens with two attached hydrogens (primary N) is 1. The second kappa shape index (κ2) is 7.91. The monoisotopic (exact) mass is 353 g/mol. The lowest BCUT2D eigenvalue weighted by atomic mass is 10.1. The van der Waals surface area contributed by atoms with Gasteiger partial charge in [0.15, 0.2) is 0 Å². The lowest BCUT2D eigenvalue weighted by Gasteiger charge is -2.30. The minimum Gasteiger partial charge on any atom is -0.478 e. The molecule has 2 aromatic carbocycles. The van der Waals surface area contributed by atoms with Crippen LogP contribution in [0.25, 0.3) is 0 Å². The Labute approximate surface area is 152 Å². The third kappa shape index (κ3) is 4.14. The van der Waals surface area contributed by atoms with Crippen LogP contribution in [0.2, 0.25) is 0 Å². The molecule has 6 heteroatoms. The molecule has 1 aliphatic rings. The summed E-state index contributed by atoms with van der Waals surface area (Å²) in [6.45, 7) is 2.34. The van der Waals surface area contributed by atoms with E-state index in [4.69, 9.17) is 10.8 Å². The maximum Gasteiger partial charge on any atom is 0.335 e. The van der Waals surface area contributed by atoms with Crippen LogP contribution in [0.4, 0.5) is 11.4 Å². The number of primary amides is 1. The highest BCUT2D eigenvalue weighted by Gasteiger charge is 2.17. The number of carbonyl (C=O) groups excluding carboxylic acids is 1. The van der Waals surface area contributed by atoms with E-state index in [2.05, 4.69) is 10.2 Å². The fourth-order valence-electron chi connectivity index (χ4n) is 3.26. The molecule has 1 saturated heterocycles. The summed E-state index contributed by atoms with van der Waals surface area (Å²) in [5, 5.41) is 12.4. The number of hydrogen-bond donors (Lipinski definition) is 3. The molecule has 6 nitrogen and oxygen atoms in total. The lowest BCUT2D eigenvalue weighted by molar-refractivity contribution is 0.0696. The van der Waals surface area contributed by atoms with Crippen LogP contribution < -0.4 is 16.0 Å². The molecule has 2 aromatic rings. The quantitative estimate of drug-likeness (QED) is 0.742. The number of carbonyl (C=O) groups is 2. The number of hydrogen-bond acceptors (Lipinski definition) is 4. The summed E-state index contributed by atoms with van der Waals surface area (Å²) in [5.74, 6) is -1.36. The van der Waals surface area contributed by atoms with E-state index >= 15 is 0 Å². The maximum atomic E-state index is 11.8. The predicted octanol–water partition coefficient (Wildman–Crippen LogP) is 3.09. The SMILES string of the molecule is NC(=O)c1ccc(NCc2cccc(C(=O)O)c2)cc1N1CCCCC1. The van der Waals surface area contributed by atoms with Gasteiger partial charge in [-0.15, -0.1) is 0 Å². The van der Waals surface area contributed by atoms with E-state index in [0.29, 0.717) is 12.1 Å². The van der Waals surface area contributed by atoms with Gasteiger partial charge >= 0.3 is 5.97 Å². The number of carboxylic acid groups (broad SMARTS) is 1. The number of benzene rings is 2.